The van der Waals surface area contributed by atoms with Crippen molar-refractivity contribution < 1.29 is 9.90 Å². The van der Waals surface area contributed by atoms with E-state index in [-0.39, 0.29) is 5.57 Å². The lowest BCUT2D eigenvalue weighted by atomic mass is 9.92. The number of hydrogen-bond donors (Lipinski definition) is 2. The Bertz CT molecular complexity index is 737. The summed E-state index contributed by atoms with van der Waals surface area (Å²) in [6.45, 7) is 0. The summed E-state index contributed by atoms with van der Waals surface area (Å²) in [6, 6.07) is 9.63. The minimum Gasteiger partial charge on any atom is -0.477 e. The molecule has 0 atom stereocenters. The maximum absolute atomic E-state index is 11.0. The molecule has 0 spiro atoms. The number of nitrogens with one attached hydrogen (secondary N) is 1. The van der Waals surface area contributed by atoms with Gasteiger partial charge in [-0.25, -0.2) is 4.79 Å². The highest BCUT2D eigenvalue weighted by molar-refractivity contribution is 6.33. The molecule has 0 fully saturated rings. The second-order valence-electron chi connectivity index (χ2n) is 5.21. The van der Waals surface area contributed by atoms with Gasteiger partial charge in [-0.15, -0.1) is 0 Å². The molecule has 0 saturated heterocycles. The van der Waals surface area contributed by atoms with Crippen LogP contribution in [0.4, 0.5) is 5.69 Å². The molecule has 0 aliphatic heterocycles. The quantitative estimate of drug-likeness (QED) is 0.637. The third-order valence-corrected chi connectivity index (χ3v) is 4.15. The zero-order valence-corrected chi connectivity index (χ0v) is 13.5. The van der Waals surface area contributed by atoms with Gasteiger partial charge in [-0.05, 0) is 54.2 Å². The number of carboxylic acid groups (broad SMARTS) is 1. The zero-order chi connectivity index (χ0) is 16.8. The highest BCUT2D eigenvalue weighted by Crippen LogP contribution is 2.34. The highest BCUT2D eigenvalue weighted by atomic mass is 35.5. The van der Waals surface area contributed by atoms with Crippen LogP contribution in [0.3, 0.4) is 0 Å². The second-order valence-corrected chi connectivity index (χ2v) is 5.59. The standard InChI is InChI=1S/C18H17ClN2O2/c1-21-16-7-5-12(6-8-16)9-13-3-2-4-14(17(13)19)10-15(11-20)18(22)23/h5-10,21H,2-4H2,1H3,(H,22,23)/b13-9+,15-10+. The number of halogens is 1. The topological polar surface area (TPSA) is 73.1 Å². The van der Waals surface area contributed by atoms with Crippen LogP contribution in [-0.4, -0.2) is 18.1 Å². The minimum absolute atomic E-state index is 0.294. The van der Waals surface area contributed by atoms with Crippen molar-refractivity contribution in [2.45, 2.75) is 19.3 Å². The average Bonchev–Trinajstić information content (AvgIpc) is 2.56. The van der Waals surface area contributed by atoms with E-state index in [4.69, 9.17) is 22.0 Å². The summed E-state index contributed by atoms with van der Waals surface area (Å²) in [4.78, 5) is 11.0. The average molecular weight is 329 g/mol. The Balaban J connectivity index is 2.35. The van der Waals surface area contributed by atoms with Crippen LogP contribution in [0.2, 0.25) is 0 Å². The monoisotopic (exact) mass is 328 g/mol. The molecule has 2 rings (SSSR count). The molecule has 1 aromatic carbocycles. The summed E-state index contributed by atoms with van der Waals surface area (Å²) in [6.07, 6.45) is 5.76. The lowest BCUT2D eigenvalue weighted by Gasteiger charge is -2.17. The van der Waals surface area contributed by atoms with Crippen molar-refractivity contribution in [2.75, 3.05) is 12.4 Å². The number of carbonyl (C=O) groups is 1. The number of hydrogen-bond acceptors (Lipinski definition) is 3. The third-order valence-electron chi connectivity index (χ3n) is 3.67. The first kappa shape index (κ1) is 16.9. The predicted octanol–water partition coefficient (Wildman–Crippen LogP) is 4.32. The minimum atomic E-state index is -1.23. The van der Waals surface area contributed by atoms with E-state index in [9.17, 15) is 4.79 Å². The number of carboxylic acids is 1. The van der Waals surface area contributed by atoms with Gasteiger partial charge in [0.15, 0.2) is 0 Å². The molecule has 4 nitrogen and oxygen atoms in total. The number of anilines is 1. The van der Waals surface area contributed by atoms with Gasteiger partial charge in [0, 0.05) is 17.8 Å². The smallest absolute Gasteiger partial charge is 0.346 e. The molecule has 1 aliphatic rings. The van der Waals surface area contributed by atoms with Crippen molar-refractivity contribution in [1.29, 1.82) is 5.26 Å². The molecular weight excluding hydrogens is 312 g/mol. The molecule has 5 heteroatoms. The molecule has 0 aromatic heterocycles. The summed E-state index contributed by atoms with van der Waals surface area (Å²) in [5, 5.41) is 21.4. The van der Waals surface area contributed by atoms with Gasteiger partial charge in [-0.3, -0.25) is 0 Å². The third kappa shape index (κ3) is 4.24. The Kier molecular flexibility index (Phi) is 5.61. The van der Waals surface area contributed by atoms with E-state index in [1.54, 1.807) is 6.07 Å². The summed E-state index contributed by atoms with van der Waals surface area (Å²) < 4.78 is 0. The van der Waals surface area contributed by atoms with Crippen LogP contribution >= 0.6 is 11.6 Å². The SMILES string of the molecule is CNc1ccc(/C=C2\CCCC(/C=C(\C#N)C(=O)O)=C2Cl)cc1. The van der Waals surface area contributed by atoms with Gasteiger partial charge in [0.1, 0.15) is 11.6 Å². The van der Waals surface area contributed by atoms with Crippen LogP contribution in [-0.2, 0) is 4.79 Å². The summed E-state index contributed by atoms with van der Waals surface area (Å²) >= 11 is 6.41. The van der Waals surface area contributed by atoms with Gasteiger partial charge in [-0.1, -0.05) is 29.8 Å². The Hall–Kier alpha value is -2.51. The first-order valence-electron chi connectivity index (χ1n) is 7.27. The molecule has 118 valence electrons. The van der Waals surface area contributed by atoms with E-state index in [0.717, 1.165) is 29.7 Å². The first-order chi connectivity index (χ1) is 11.0. The van der Waals surface area contributed by atoms with Gasteiger partial charge in [0.25, 0.3) is 0 Å². The van der Waals surface area contributed by atoms with Crippen LogP contribution in [0.15, 0.2) is 52.1 Å². The lowest BCUT2D eigenvalue weighted by molar-refractivity contribution is -0.132. The Morgan fingerprint density at radius 2 is 2.04 bits per heavy atom. The zero-order valence-electron chi connectivity index (χ0n) is 12.8. The molecule has 0 bridgehead atoms. The Morgan fingerprint density at radius 3 is 2.61 bits per heavy atom. The highest BCUT2D eigenvalue weighted by Gasteiger charge is 2.16. The molecule has 1 aromatic rings. The fourth-order valence-corrected chi connectivity index (χ4v) is 2.73. The number of benzene rings is 1. The largest absolute Gasteiger partial charge is 0.477 e. The maximum atomic E-state index is 11.0. The Morgan fingerprint density at radius 1 is 1.35 bits per heavy atom. The fraction of sp³-hybridized carbons (Fsp3) is 0.222. The molecule has 2 N–H and O–H groups in total. The second kappa shape index (κ2) is 7.66. The van der Waals surface area contributed by atoms with Gasteiger partial charge in [0.05, 0.1) is 0 Å². The van der Waals surface area contributed by atoms with Crippen LogP contribution in [0, 0.1) is 11.3 Å². The summed E-state index contributed by atoms with van der Waals surface area (Å²) in [7, 11) is 1.86. The van der Waals surface area contributed by atoms with Crippen molar-refractivity contribution in [1.82, 2.24) is 0 Å². The summed E-state index contributed by atoms with van der Waals surface area (Å²) in [5.74, 6) is -1.23. The van der Waals surface area contributed by atoms with E-state index in [2.05, 4.69) is 5.32 Å². The molecule has 0 unspecified atom stereocenters. The predicted molar refractivity (Wildman–Crippen MR) is 92.0 cm³/mol. The first-order valence-corrected chi connectivity index (χ1v) is 7.65. The van der Waals surface area contributed by atoms with E-state index < -0.39 is 5.97 Å². The molecule has 0 radical (unpaired) electrons. The maximum Gasteiger partial charge on any atom is 0.346 e. The number of aliphatic carboxylic acids is 1. The van der Waals surface area contributed by atoms with E-state index in [1.165, 1.54) is 6.08 Å². The van der Waals surface area contributed by atoms with Crippen molar-refractivity contribution in [3.63, 3.8) is 0 Å². The van der Waals surface area contributed by atoms with Crippen LogP contribution in [0.5, 0.6) is 0 Å². The van der Waals surface area contributed by atoms with E-state index in [0.29, 0.717) is 17.0 Å². The molecular formula is C18H17ClN2O2. The lowest BCUT2D eigenvalue weighted by Crippen LogP contribution is -2.02. The van der Waals surface area contributed by atoms with Crippen LogP contribution < -0.4 is 5.32 Å². The normalized spacial score (nSPS) is 17.1. The molecule has 1 aliphatic carbocycles. The summed E-state index contributed by atoms with van der Waals surface area (Å²) in [5.41, 5.74) is 3.43. The van der Waals surface area contributed by atoms with Crippen molar-refractivity contribution in [2.24, 2.45) is 0 Å². The molecule has 0 amide bonds. The Labute approximate surface area is 140 Å². The fourth-order valence-electron chi connectivity index (χ4n) is 2.43. The van der Waals surface area contributed by atoms with Crippen LogP contribution in [0.25, 0.3) is 6.08 Å². The van der Waals surface area contributed by atoms with Gasteiger partial charge in [-0.2, -0.15) is 5.26 Å². The van der Waals surface area contributed by atoms with Crippen molar-refractivity contribution >= 4 is 29.3 Å². The van der Waals surface area contributed by atoms with Crippen molar-refractivity contribution in [3.05, 3.63) is 57.7 Å². The van der Waals surface area contributed by atoms with Gasteiger partial charge in [0.2, 0.25) is 0 Å². The molecule has 23 heavy (non-hydrogen) atoms. The van der Waals surface area contributed by atoms with Crippen LogP contribution in [0.1, 0.15) is 24.8 Å². The van der Waals surface area contributed by atoms with Gasteiger partial charge >= 0.3 is 5.97 Å². The van der Waals surface area contributed by atoms with E-state index >= 15 is 0 Å². The number of nitriles is 1. The molecule has 0 heterocycles. The molecule has 0 saturated carbocycles. The number of rotatable bonds is 4. The number of allylic oxidation sites excluding steroid dienone is 4. The van der Waals surface area contributed by atoms with E-state index in [1.807, 2.05) is 37.4 Å². The number of nitrogens with zero attached hydrogens (tertiary/aromatic N) is 1. The van der Waals surface area contributed by atoms with Gasteiger partial charge < -0.3 is 10.4 Å². The van der Waals surface area contributed by atoms with Crippen molar-refractivity contribution in [3.8, 4) is 6.07 Å².